The van der Waals surface area contributed by atoms with Crippen molar-refractivity contribution in [3.8, 4) is 5.75 Å². The van der Waals surface area contributed by atoms with E-state index in [-0.39, 0.29) is 22.0 Å². The van der Waals surface area contributed by atoms with Crippen molar-refractivity contribution in [1.82, 2.24) is 0 Å². The van der Waals surface area contributed by atoms with Crippen LogP contribution in [0.1, 0.15) is 15.9 Å². The van der Waals surface area contributed by atoms with Gasteiger partial charge in [-0.05, 0) is 24.3 Å². The zero-order valence-electron chi connectivity index (χ0n) is 9.75. The number of carboxylic acids is 1. The Hall–Kier alpha value is -2.33. The van der Waals surface area contributed by atoms with E-state index in [0.717, 1.165) is 0 Å². The van der Waals surface area contributed by atoms with Crippen LogP contribution in [-0.4, -0.2) is 22.4 Å². The SMILES string of the molecule is O=C(O)c1c(Cl)cccc1/N=C/c1ccccc1O. The molecule has 0 atom stereocenters. The first-order valence-corrected chi connectivity index (χ1v) is 5.81. The highest BCUT2D eigenvalue weighted by atomic mass is 35.5. The highest BCUT2D eigenvalue weighted by Crippen LogP contribution is 2.27. The number of phenols is 1. The summed E-state index contributed by atoms with van der Waals surface area (Å²) in [5, 5.41) is 18.8. The maximum atomic E-state index is 11.1. The molecule has 4 nitrogen and oxygen atoms in total. The van der Waals surface area contributed by atoms with Gasteiger partial charge >= 0.3 is 5.97 Å². The number of benzene rings is 2. The number of hydrogen-bond acceptors (Lipinski definition) is 3. The average Bonchev–Trinajstić information content (AvgIpc) is 2.37. The lowest BCUT2D eigenvalue weighted by molar-refractivity contribution is 0.0698. The maximum Gasteiger partial charge on any atom is 0.339 e. The fourth-order valence-electron chi connectivity index (χ4n) is 1.57. The lowest BCUT2D eigenvalue weighted by Gasteiger charge is -2.03. The second-order valence-electron chi connectivity index (χ2n) is 3.76. The molecule has 2 aromatic rings. The van der Waals surface area contributed by atoms with Crippen LogP contribution in [0.15, 0.2) is 47.5 Å². The predicted octanol–water partition coefficient (Wildman–Crippen LogP) is 3.49. The van der Waals surface area contributed by atoms with Crippen LogP contribution in [0.4, 0.5) is 5.69 Å². The molecule has 0 saturated heterocycles. The molecule has 0 aliphatic carbocycles. The summed E-state index contributed by atoms with van der Waals surface area (Å²) in [5.74, 6) is -1.07. The highest BCUT2D eigenvalue weighted by Gasteiger charge is 2.13. The maximum absolute atomic E-state index is 11.1. The number of phenolic OH excluding ortho intramolecular Hbond substituents is 1. The van der Waals surface area contributed by atoms with Crippen molar-refractivity contribution < 1.29 is 15.0 Å². The Labute approximate surface area is 114 Å². The monoisotopic (exact) mass is 275 g/mol. The zero-order chi connectivity index (χ0) is 13.8. The molecule has 0 radical (unpaired) electrons. The van der Waals surface area contributed by atoms with Gasteiger partial charge in [0.15, 0.2) is 0 Å². The van der Waals surface area contributed by atoms with Gasteiger partial charge in [-0.2, -0.15) is 0 Å². The van der Waals surface area contributed by atoms with Crippen LogP contribution in [0.25, 0.3) is 0 Å². The summed E-state index contributed by atoms with van der Waals surface area (Å²) in [7, 11) is 0. The van der Waals surface area contributed by atoms with Gasteiger partial charge in [0.1, 0.15) is 11.3 Å². The molecule has 2 rings (SSSR count). The van der Waals surface area contributed by atoms with E-state index in [1.54, 1.807) is 30.3 Å². The summed E-state index contributed by atoms with van der Waals surface area (Å²) in [4.78, 5) is 15.2. The molecule has 0 bridgehead atoms. The van der Waals surface area contributed by atoms with Crippen molar-refractivity contribution in [1.29, 1.82) is 0 Å². The van der Waals surface area contributed by atoms with Crippen LogP contribution < -0.4 is 0 Å². The van der Waals surface area contributed by atoms with Gasteiger partial charge < -0.3 is 10.2 Å². The third kappa shape index (κ3) is 2.92. The first kappa shape index (κ1) is 13.1. The number of rotatable bonds is 3. The Morgan fingerprint density at radius 2 is 1.89 bits per heavy atom. The molecule has 5 heteroatoms. The number of para-hydroxylation sites is 1. The lowest BCUT2D eigenvalue weighted by atomic mass is 10.1. The molecule has 0 heterocycles. The molecular weight excluding hydrogens is 266 g/mol. The van der Waals surface area contributed by atoms with Crippen molar-refractivity contribution in [3.05, 3.63) is 58.6 Å². The first-order chi connectivity index (χ1) is 9.09. The molecule has 2 aromatic carbocycles. The minimum absolute atomic E-state index is 0.0594. The van der Waals surface area contributed by atoms with Crippen molar-refractivity contribution in [2.75, 3.05) is 0 Å². The predicted molar refractivity (Wildman–Crippen MR) is 73.8 cm³/mol. The van der Waals surface area contributed by atoms with Gasteiger partial charge in [-0.15, -0.1) is 0 Å². The highest BCUT2D eigenvalue weighted by molar-refractivity contribution is 6.34. The third-order valence-corrected chi connectivity index (χ3v) is 2.80. The summed E-state index contributed by atoms with van der Waals surface area (Å²) >= 11 is 5.83. The lowest BCUT2D eigenvalue weighted by Crippen LogP contribution is -1.98. The van der Waals surface area contributed by atoms with Gasteiger partial charge in [0.2, 0.25) is 0 Å². The van der Waals surface area contributed by atoms with Gasteiger partial charge in [-0.25, -0.2) is 4.79 Å². The fraction of sp³-hybridized carbons (Fsp3) is 0. The molecule has 19 heavy (non-hydrogen) atoms. The van der Waals surface area contributed by atoms with Crippen molar-refractivity contribution in [2.24, 2.45) is 4.99 Å². The fourth-order valence-corrected chi connectivity index (χ4v) is 1.82. The van der Waals surface area contributed by atoms with Crippen molar-refractivity contribution in [2.45, 2.75) is 0 Å². The van der Waals surface area contributed by atoms with E-state index in [1.807, 2.05) is 0 Å². The number of nitrogens with zero attached hydrogens (tertiary/aromatic N) is 1. The standard InChI is InChI=1S/C14H10ClNO3/c15-10-5-3-6-11(13(10)14(18)19)16-8-9-4-1-2-7-12(9)17/h1-8,17H,(H,18,19)/b16-8+. The number of aromatic carboxylic acids is 1. The molecule has 0 aliphatic rings. The topological polar surface area (TPSA) is 69.9 Å². The number of halogens is 1. The van der Waals surface area contributed by atoms with E-state index in [0.29, 0.717) is 5.56 Å². The van der Waals surface area contributed by atoms with Crippen molar-refractivity contribution in [3.63, 3.8) is 0 Å². The number of carbonyl (C=O) groups is 1. The number of hydrogen-bond donors (Lipinski definition) is 2. The number of carboxylic acid groups (broad SMARTS) is 1. The van der Waals surface area contributed by atoms with Crippen LogP contribution in [0.3, 0.4) is 0 Å². The summed E-state index contributed by atoms with van der Waals surface area (Å²) in [6.45, 7) is 0. The minimum Gasteiger partial charge on any atom is -0.507 e. The van der Waals surface area contributed by atoms with Gasteiger partial charge in [0.25, 0.3) is 0 Å². The number of aliphatic imine (C=N–C) groups is 1. The Balaban J connectivity index is 2.42. The molecule has 0 saturated carbocycles. The van der Waals surface area contributed by atoms with E-state index >= 15 is 0 Å². The first-order valence-electron chi connectivity index (χ1n) is 5.43. The molecule has 0 aliphatic heterocycles. The Kier molecular flexibility index (Phi) is 3.82. The van der Waals surface area contributed by atoms with Crippen LogP contribution in [-0.2, 0) is 0 Å². The van der Waals surface area contributed by atoms with Crippen molar-refractivity contribution >= 4 is 29.5 Å². The molecular formula is C14H10ClNO3. The molecule has 0 unspecified atom stereocenters. The summed E-state index contributed by atoms with van der Waals surface area (Å²) in [6, 6.07) is 11.3. The normalized spacial score (nSPS) is 10.8. The third-order valence-electron chi connectivity index (χ3n) is 2.48. The van der Waals surface area contributed by atoms with Gasteiger partial charge in [-0.1, -0.05) is 29.8 Å². The van der Waals surface area contributed by atoms with E-state index in [1.165, 1.54) is 18.3 Å². The van der Waals surface area contributed by atoms with Crippen LogP contribution in [0, 0.1) is 0 Å². The molecule has 0 aromatic heterocycles. The summed E-state index contributed by atoms with van der Waals surface area (Å²) in [6.07, 6.45) is 1.40. The molecule has 0 fully saturated rings. The Bertz CT molecular complexity index is 653. The average molecular weight is 276 g/mol. The van der Waals surface area contributed by atoms with Crippen LogP contribution in [0.2, 0.25) is 5.02 Å². The smallest absolute Gasteiger partial charge is 0.339 e. The van der Waals surface area contributed by atoms with E-state index in [2.05, 4.69) is 4.99 Å². The second-order valence-corrected chi connectivity index (χ2v) is 4.16. The molecule has 96 valence electrons. The number of aromatic hydroxyl groups is 1. The van der Waals surface area contributed by atoms with E-state index in [9.17, 15) is 9.90 Å². The van der Waals surface area contributed by atoms with E-state index < -0.39 is 5.97 Å². The van der Waals surface area contributed by atoms with Gasteiger partial charge in [0, 0.05) is 11.8 Å². The van der Waals surface area contributed by atoms with Gasteiger partial charge in [-0.3, -0.25) is 4.99 Å². The Morgan fingerprint density at radius 1 is 1.16 bits per heavy atom. The van der Waals surface area contributed by atoms with Gasteiger partial charge in [0.05, 0.1) is 10.7 Å². The second kappa shape index (κ2) is 5.54. The quantitative estimate of drug-likeness (QED) is 0.842. The van der Waals surface area contributed by atoms with E-state index in [4.69, 9.17) is 16.7 Å². The zero-order valence-corrected chi connectivity index (χ0v) is 10.5. The minimum atomic E-state index is -1.14. The molecule has 2 N–H and O–H groups in total. The summed E-state index contributed by atoms with van der Waals surface area (Å²) in [5.41, 5.74) is 0.679. The van der Waals surface area contributed by atoms with Crippen LogP contribution in [0.5, 0.6) is 5.75 Å². The summed E-state index contributed by atoms with van der Waals surface area (Å²) < 4.78 is 0. The molecule has 0 amide bonds. The molecule has 0 spiro atoms. The largest absolute Gasteiger partial charge is 0.507 e. The Morgan fingerprint density at radius 3 is 2.58 bits per heavy atom. The van der Waals surface area contributed by atoms with Crippen LogP contribution >= 0.6 is 11.6 Å².